The average Bonchev–Trinajstić information content (AvgIpc) is 2.62. The molecule has 0 radical (unpaired) electrons. The number of rotatable bonds is 5. The highest BCUT2D eigenvalue weighted by Crippen LogP contribution is 2.28. The number of nitrogens with one attached hydrogen (secondary N) is 1. The Balaban J connectivity index is 2.38. The number of aliphatic hydroxyl groups is 1. The Morgan fingerprint density at radius 3 is 1.92 bits per heavy atom. The molecule has 0 aromatic heterocycles. The summed E-state index contributed by atoms with van der Waals surface area (Å²) in [7, 11) is 0. The van der Waals surface area contributed by atoms with E-state index < -0.39 is 46.9 Å². The minimum absolute atomic E-state index is 0.00510. The third-order valence-corrected chi connectivity index (χ3v) is 3.67. The van der Waals surface area contributed by atoms with Gasteiger partial charge in [0.15, 0.2) is 23.3 Å². The van der Waals surface area contributed by atoms with Crippen molar-refractivity contribution >= 4 is 5.69 Å². The van der Waals surface area contributed by atoms with Gasteiger partial charge in [-0.05, 0) is 18.9 Å². The molecule has 0 saturated heterocycles. The Bertz CT molecular complexity index is 785. The average molecular weight is 355 g/mol. The molecule has 7 heteroatoms. The number of halogens is 5. The van der Waals surface area contributed by atoms with Gasteiger partial charge in [-0.25, -0.2) is 22.0 Å². The van der Waals surface area contributed by atoms with E-state index in [1.165, 1.54) is 0 Å². The van der Waals surface area contributed by atoms with Gasteiger partial charge >= 0.3 is 0 Å². The molecule has 132 valence electrons. The van der Waals surface area contributed by atoms with Crippen LogP contribution in [0.5, 0.6) is 0 Å². The normalized spacial score (nSPS) is 13.2. The first-order chi connectivity index (χ1) is 11.8. The summed E-state index contributed by atoms with van der Waals surface area (Å²) in [5.74, 6) is -8.47. The van der Waals surface area contributed by atoms with Crippen LogP contribution in [0.15, 0.2) is 24.3 Å². The van der Waals surface area contributed by atoms with E-state index >= 15 is 0 Å². The van der Waals surface area contributed by atoms with Crippen molar-refractivity contribution in [2.24, 2.45) is 0 Å². The van der Waals surface area contributed by atoms with Crippen molar-refractivity contribution in [3.05, 3.63) is 64.5 Å². The van der Waals surface area contributed by atoms with Crippen LogP contribution in [0.2, 0.25) is 0 Å². The largest absolute Gasteiger partial charge is 0.378 e. The van der Waals surface area contributed by atoms with Gasteiger partial charge in [-0.3, -0.25) is 0 Å². The van der Waals surface area contributed by atoms with Crippen LogP contribution in [-0.4, -0.2) is 17.3 Å². The van der Waals surface area contributed by atoms with Gasteiger partial charge in [0.2, 0.25) is 5.82 Å². The molecule has 0 saturated carbocycles. The summed E-state index contributed by atoms with van der Waals surface area (Å²) in [5, 5.41) is 12.0. The summed E-state index contributed by atoms with van der Waals surface area (Å²) in [6, 6.07) is 5.78. The molecule has 0 unspecified atom stereocenters. The molecule has 0 aliphatic rings. The lowest BCUT2D eigenvalue weighted by Gasteiger charge is -2.23. The summed E-state index contributed by atoms with van der Waals surface area (Å²) in [5.41, 5.74) is 0.384. The van der Waals surface area contributed by atoms with Gasteiger partial charge in [-0.1, -0.05) is 35.7 Å². The standard InChI is InChI=1S/C18H14F5NO/c1-3-12(25)11(8-10-6-4-9(2)5-7-10)24-18-16(22)14(20)13(19)15(21)17(18)23/h1,4-7,11-12,24-25H,8H2,2H3/t11-,12-/m0/s1. The van der Waals surface area contributed by atoms with Gasteiger partial charge < -0.3 is 10.4 Å². The first-order valence-electron chi connectivity index (χ1n) is 7.24. The Morgan fingerprint density at radius 2 is 1.44 bits per heavy atom. The van der Waals surface area contributed by atoms with Crippen LogP contribution < -0.4 is 5.32 Å². The molecule has 0 aliphatic carbocycles. The highest BCUT2D eigenvalue weighted by Gasteiger charge is 2.28. The Morgan fingerprint density at radius 1 is 0.960 bits per heavy atom. The summed E-state index contributed by atoms with van der Waals surface area (Å²) < 4.78 is 67.3. The van der Waals surface area contributed by atoms with E-state index in [0.717, 1.165) is 5.56 Å². The Hall–Kier alpha value is -2.59. The highest BCUT2D eigenvalue weighted by molar-refractivity contribution is 5.49. The maximum absolute atomic E-state index is 13.8. The summed E-state index contributed by atoms with van der Waals surface area (Å²) in [6.07, 6.45) is 3.62. The minimum Gasteiger partial charge on any atom is -0.378 e. The van der Waals surface area contributed by atoms with Gasteiger partial charge in [0.05, 0.1) is 6.04 Å². The van der Waals surface area contributed by atoms with Gasteiger partial charge in [0.1, 0.15) is 11.8 Å². The second kappa shape index (κ2) is 7.53. The third kappa shape index (κ3) is 3.91. The molecule has 2 aromatic rings. The zero-order valence-corrected chi connectivity index (χ0v) is 13.1. The molecule has 2 N–H and O–H groups in total. The fourth-order valence-electron chi connectivity index (χ4n) is 2.25. The second-order valence-corrected chi connectivity index (χ2v) is 5.50. The van der Waals surface area contributed by atoms with Crippen LogP contribution in [-0.2, 0) is 6.42 Å². The fraction of sp³-hybridized carbons (Fsp3) is 0.222. The van der Waals surface area contributed by atoms with Crippen LogP contribution in [0, 0.1) is 48.4 Å². The van der Waals surface area contributed by atoms with Crippen LogP contribution in [0.4, 0.5) is 27.6 Å². The molecule has 2 aromatic carbocycles. The molecule has 25 heavy (non-hydrogen) atoms. The number of terminal acetylenes is 1. The van der Waals surface area contributed by atoms with Crippen LogP contribution >= 0.6 is 0 Å². The molecule has 0 bridgehead atoms. The molecule has 0 spiro atoms. The van der Waals surface area contributed by atoms with Crippen molar-refractivity contribution in [3.8, 4) is 12.3 Å². The number of anilines is 1. The monoisotopic (exact) mass is 355 g/mol. The minimum atomic E-state index is -2.26. The fourth-order valence-corrected chi connectivity index (χ4v) is 2.25. The van der Waals surface area contributed by atoms with Gasteiger partial charge in [0, 0.05) is 0 Å². The van der Waals surface area contributed by atoms with Gasteiger partial charge in [-0.15, -0.1) is 6.42 Å². The lowest BCUT2D eigenvalue weighted by atomic mass is 10.00. The number of aryl methyl sites for hydroxylation is 1. The predicted octanol–water partition coefficient (Wildman–Crippen LogP) is 3.71. The number of aliphatic hydroxyl groups excluding tert-OH is 1. The first kappa shape index (κ1) is 18.7. The molecule has 0 aliphatic heterocycles. The predicted molar refractivity (Wildman–Crippen MR) is 83.4 cm³/mol. The molecule has 0 fully saturated rings. The van der Waals surface area contributed by atoms with Crippen LogP contribution in [0.3, 0.4) is 0 Å². The number of hydrogen-bond donors (Lipinski definition) is 2. The molecular formula is C18H14F5NO. The van der Waals surface area contributed by atoms with E-state index in [2.05, 4.69) is 5.32 Å². The van der Waals surface area contributed by atoms with Crippen LogP contribution in [0.25, 0.3) is 0 Å². The zero-order valence-electron chi connectivity index (χ0n) is 13.1. The van der Waals surface area contributed by atoms with E-state index in [-0.39, 0.29) is 6.42 Å². The topological polar surface area (TPSA) is 32.3 Å². The Kier molecular flexibility index (Phi) is 5.65. The van der Waals surface area contributed by atoms with E-state index in [1.54, 1.807) is 24.3 Å². The van der Waals surface area contributed by atoms with Crippen molar-refractivity contribution < 1.29 is 27.1 Å². The lowest BCUT2D eigenvalue weighted by Crippen LogP contribution is -2.35. The smallest absolute Gasteiger partial charge is 0.200 e. The van der Waals surface area contributed by atoms with E-state index in [0.29, 0.717) is 5.56 Å². The van der Waals surface area contributed by atoms with Crippen molar-refractivity contribution in [2.45, 2.75) is 25.5 Å². The summed E-state index contributed by atoms with van der Waals surface area (Å²) >= 11 is 0. The summed E-state index contributed by atoms with van der Waals surface area (Å²) in [4.78, 5) is 0. The molecule has 0 amide bonds. The van der Waals surface area contributed by atoms with E-state index in [1.807, 2.05) is 12.8 Å². The zero-order chi connectivity index (χ0) is 18.7. The van der Waals surface area contributed by atoms with E-state index in [9.17, 15) is 27.1 Å². The maximum Gasteiger partial charge on any atom is 0.200 e. The van der Waals surface area contributed by atoms with Crippen molar-refractivity contribution in [3.63, 3.8) is 0 Å². The van der Waals surface area contributed by atoms with Gasteiger partial charge in [-0.2, -0.15) is 0 Å². The number of hydrogen-bond acceptors (Lipinski definition) is 2. The molecular weight excluding hydrogens is 341 g/mol. The maximum atomic E-state index is 13.8. The first-order valence-corrected chi connectivity index (χ1v) is 7.24. The quantitative estimate of drug-likeness (QED) is 0.371. The SMILES string of the molecule is C#C[C@H](O)[C@H](Cc1ccc(C)cc1)Nc1c(F)c(F)c(F)c(F)c1F. The van der Waals surface area contributed by atoms with E-state index in [4.69, 9.17) is 6.42 Å². The lowest BCUT2D eigenvalue weighted by molar-refractivity contribution is 0.207. The second-order valence-electron chi connectivity index (χ2n) is 5.50. The molecule has 2 nitrogen and oxygen atoms in total. The van der Waals surface area contributed by atoms with Crippen LogP contribution in [0.1, 0.15) is 11.1 Å². The third-order valence-electron chi connectivity index (χ3n) is 3.67. The van der Waals surface area contributed by atoms with Crippen molar-refractivity contribution in [1.29, 1.82) is 0 Å². The highest BCUT2D eigenvalue weighted by atomic mass is 19.2. The number of benzene rings is 2. The summed E-state index contributed by atoms with van der Waals surface area (Å²) in [6.45, 7) is 1.85. The van der Waals surface area contributed by atoms with Crippen molar-refractivity contribution in [2.75, 3.05) is 5.32 Å². The Labute approximate surface area is 141 Å². The molecule has 2 rings (SSSR count). The van der Waals surface area contributed by atoms with Crippen molar-refractivity contribution in [1.82, 2.24) is 0 Å². The van der Waals surface area contributed by atoms with Gasteiger partial charge in [0.25, 0.3) is 0 Å². The molecule has 0 heterocycles. The molecule has 2 atom stereocenters.